The zero-order valence-electron chi connectivity index (χ0n) is 10.1. The molecule has 5 heteroatoms. The minimum atomic E-state index is -2.52. The molecule has 0 radical (unpaired) electrons. The molecule has 0 fully saturated rings. The monoisotopic (exact) mass is 234 g/mol. The molecule has 4 nitrogen and oxygen atoms in total. The number of hydrogen-bond acceptors (Lipinski definition) is 4. The largest absolute Gasteiger partial charge is 0.502 e. The van der Waals surface area contributed by atoms with E-state index in [0.29, 0.717) is 6.61 Å². The zero-order valence-corrected chi connectivity index (χ0v) is 11.1. The van der Waals surface area contributed by atoms with Crippen LogP contribution in [0.4, 0.5) is 0 Å². The van der Waals surface area contributed by atoms with Gasteiger partial charge in [0.15, 0.2) is 0 Å². The van der Waals surface area contributed by atoms with Gasteiger partial charge in [-0.1, -0.05) is 19.4 Å². The molecule has 0 aliphatic carbocycles. The Labute approximate surface area is 93.5 Å². The van der Waals surface area contributed by atoms with Crippen LogP contribution in [0.1, 0.15) is 20.3 Å². The van der Waals surface area contributed by atoms with Gasteiger partial charge in [-0.3, -0.25) is 0 Å². The Kier molecular flexibility index (Phi) is 7.90. The summed E-state index contributed by atoms with van der Waals surface area (Å²) in [5.74, 6) is 0. The van der Waals surface area contributed by atoms with Crippen molar-refractivity contribution < 1.29 is 18.0 Å². The highest BCUT2D eigenvalue weighted by Gasteiger charge is 2.39. The van der Waals surface area contributed by atoms with Crippen molar-refractivity contribution in [1.29, 1.82) is 0 Å². The Morgan fingerprint density at radius 1 is 1.33 bits per heavy atom. The van der Waals surface area contributed by atoms with E-state index >= 15 is 0 Å². The van der Waals surface area contributed by atoms with Crippen molar-refractivity contribution in [2.75, 3.05) is 20.8 Å². The van der Waals surface area contributed by atoms with Gasteiger partial charge in [0.1, 0.15) is 6.29 Å². The van der Waals surface area contributed by atoms with E-state index in [9.17, 15) is 0 Å². The van der Waals surface area contributed by atoms with Gasteiger partial charge in [-0.2, -0.15) is 0 Å². The van der Waals surface area contributed by atoms with Gasteiger partial charge < -0.3 is 18.0 Å². The Morgan fingerprint density at radius 2 is 1.93 bits per heavy atom. The smallest absolute Gasteiger partial charge is 0.377 e. The zero-order chi connectivity index (χ0) is 11.7. The van der Waals surface area contributed by atoms with E-state index in [0.717, 1.165) is 12.5 Å². The van der Waals surface area contributed by atoms with Crippen LogP contribution in [-0.4, -0.2) is 35.9 Å². The first kappa shape index (κ1) is 14.8. The Morgan fingerprint density at radius 3 is 2.33 bits per heavy atom. The van der Waals surface area contributed by atoms with Crippen molar-refractivity contribution in [1.82, 2.24) is 0 Å². The molecule has 1 unspecified atom stereocenters. The quantitative estimate of drug-likeness (QED) is 0.348. The molecule has 0 saturated heterocycles. The van der Waals surface area contributed by atoms with Crippen LogP contribution in [0, 0.1) is 0 Å². The first-order valence-corrected chi connectivity index (χ1v) is 7.08. The molecule has 0 aromatic rings. The van der Waals surface area contributed by atoms with Crippen LogP contribution in [0.2, 0.25) is 6.04 Å². The second kappa shape index (κ2) is 8.01. The van der Waals surface area contributed by atoms with Crippen LogP contribution < -0.4 is 0 Å². The summed E-state index contributed by atoms with van der Waals surface area (Å²) in [4.78, 5) is 0. The average molecular weight is 234 g/mol. The number of hydrogen-bond donors (Lipinski definition) is 0. The molecule has 0 aliphatic heterocycles. The predicted molar refractivity (Wildman–Crippen MR) is 61.6 cm³/mol. The second-order valence-electron chi connectivity index (χ2n) is 3.15. The van der Waals surface area contributed by atoms with Gasteiger partial charge in [0.2, 0.25) is 0 Å². The minimum Gasteiger partial charge on any atom is -0.377 e. The topological polar surface area (TPSA) is 36.9 Å². The third-order valence-electron chi connectivity index (χ3n) is 1.97. The minimum absolute atomic E-state index is 0.332. The molecule has 0 amide bonds. The third kappa shape index (κ3) is 5.43. The highest BCUT2D eigenvalue weighted by molar-refractivity contribution is 6.60. The van der Waals surface area contributed by atoms with Crippen molar-refractivity contribution in [2.45, 2.75) is 32.6 Å². The first-order valence-electron chi connectivity index (χ1n) is 5.14. The number of rotatable bonds is 9. The molecule has 1 atom stereocenters. The van der Waals surface area contributed by atoms with E-state index in [1.807, 2.05) is 6.92 Å². The van der Waals surface area contributed by atoms with Crippen molar-refractivity contribution in [3.8, 4) is 0 Å². The molecule has 15 heavy (non-hydrogen) atoms. The van der Waals surface area contributed by atoms with E-state index in [2.05, 4.69) is 13.5 Å². The van der Waals surface area contributed by atoms with Crippen molar-refractivity contribution in [2.24, 2.45) is 0 Å². The lowest BCUT2D eigenvalue weighted by molar-refractivity contribution is -0.0947. The molecular weight excluding hydrogens is 212 g/mol. The molecule has 0 rings (SSSR count). The van der Waals surface area contributed by atoms with Crippen LogP contribution in [0.15, 0.2) is 12.7 Å². The van der Waals surface area contributed by atoms with Crippen molar-refractivity contribution in [3.63, 3.8) is 0 Å². The van der Waals surface area contributed by atoms with Crippen LogP contribution in [0.3, 0.4) is 0 Å². The van der Waals surface area contributed by atoms with Gasteiger partial charge >= 0.3 is 8.80 Å². The third-order valence-corrected chi connectivity index (χ3v) is 5.02. The summed E-state index contributed by atoms with van der Waals surface area (Å²) in [7, 11) is 0.718. The van der Waals surface area contributed by atoms with E-state index < -0.39 is 8.80 Å². The fourth-order valence-electron chi connectivity index (χ4n) is 1.24. The summed E-state index contributed by atoms with van der Waals surface area (Å²) in [6.45, 7) is 7.94. The molecule has 0 bridgehead atoms. The first-order chi connectivity index (χ1) is 7.14. The van der Waals surface area contributed by atoms with E-state index in [1.165, 1.54) is 0 Å². The van der Waals surface area contributed by atoms with Gasteiger partial charge in [0.25, 0.3) is 0 Å². The van der Waals surface area contributed by atoms with Crippen molar-refractivity contribution >= 4 is 8.80 Å². The molecule has 0 saturated carbocycles. The molecule has 0 aliphatic rings. The Hall–Kier alpha value is -0.203. The fourth-order valence-corrected chi connectivity index (χ4v) is 3.31. The maximum Gasteiger partial charge on any atom is 0.502 e. The van der Waals surface area contributed by atoms with Crippen molar-refractivity contribution in [3.05, 3.63) is 12.7 Å². The highest BCUT2D eigenvalue weighted by atomic mass is 28.4. The average Bonchev–Trinajstić information content (AvgIpc) is 2.25. The summed E-state index contributed by atoms with van der Waals surface area (Å²) in [6.07, 6.45) is 2.31. The maximum absolute atomic E-state index is 5.70. The fraction of sp³-hybridized carbons (Fsp3) is 0.800. The molecule has 0 N–H and O–H groups in total. The van der Waals surface area contributed by atoms with Crippen LogP contribution in [0.25, 0.3) is 0 Å². The lowest BCUT2D eigenvalue weighted by Crippen LogP contribution is -2.46. The van der Waals surface area contributed by atoms with Gasteiger partial charge in [-0.15, -0.1) is 6.58 Å². The van der Waals surface area contributed by atoms with Crippen LogP contribution in [-0.2, 0) is 18.0 Å². The summed E-state index contributed by atoms with van der Waals surface area (Å²) < 4.78 is 21.8. The summed E-state index contributed by atoms with van der Waals surface area (Å²) in [6, 6.07) is 0.793. The molecule has 90 valence electrons. The van der Waals surface area contributed by atoms with Gasteiger partial charge in [-0.25, -0.2) is 0 Å². The van der Waals surface area contributed by atoms with Gasteiger partial charge in [0.05, 0.1) is 6.61 Å². The SMILES string of the molecule is C=CCOC(C)O[Si](CCC)(OC)OC. The summed E-state index contributed by atoms with van der Waals surface area (Å²) in [5.41, 5.74) is 0. The molecule has 0 aromatic carbocycles. The standard InChI is InChI=1S/C10H22O4Si/c1-6-8-13-10(3)14-15(11-4,12-5)9-7-2/h6,10H,1,7-9H2,2-5H3. The van der Waals surface area contributed by atoms with Crippen LogP contribution in [0.5, 0.6) is 0 Å². The summed E-state index contributed by atoms with van der Waals surface area (Å²) in [5, 5.41) is 0. The predicted octanol–water partition coefficient (Wildman–Crippen LogP) is 2.19. The summed E-state index contributed by atoms with van der Waals surface area (Å²) >= 11 is 0. The second-order valence-corrected chi connectivity index (χ2v) is 6.07. The van der Waals surface area contributed by atoms with E-state index in [1.54, 1.807) is 20.3 Å². The maximum atomic E-state index is 5.70. The van der Waals surface area contributed by atoms with E-state index in [4.69, 9.17) is 18.0 Å². The van der Waals surface area contributed by atoms with Gasteiger partial charge in [-0.05, 0) is 6.92 Å². The lowest BCUT2D eigenvalue weighted by Gasteiger charge is -2.29. The normalized spacial score (nSPS) is 13.9. The molecule has 0 aromatic heterocycles. The Balaban J connectivity index is 4.18. The Bertz CT molecular complexity index is 171. The van der Waals surface area contributed by atoms with E-state index in [-0.39, 0.29) is 6.29 Å². The number of ether oxygens (including phenoxy) is 1. The van der Waals surface area contributed by atoms with Gasteiger partial charge in [0, 0.05) is 20.3 Å². The highest BCUT2D eigenvalue weighted by Crippen LogP contribution is 2.18. The molecule has 0 heterocycles. The molecular formula is C10H22O4Si. The van der Waals surface area contributed by atoms with Crippen LogP contribution >= 0.6 is 0 Å². The lowest BCUT2D eigenvalue weighted by atomic mass is 10.6. The molecule has 0 spiro atoms.